The first-order valence-electron chi connectivity index (χ1n) is 7.43. The number of hydrogen-bond donors (Lipinski definition) is 2. The monoisotopic (exact) mass is 377 g/mol. The molecule has 124 valence electrons. The summed E-state index contributed by atoms with van der Waals surface area (Å²) in [6.07, 6.45) is -0.335. The fourth-order valence-electron chi connectivity index (χ4n) is 2.29. The van der Waals surface area contributed by atoms with Crippen LogP contribution in [0.5, 0.6) is 0 Å². The van der Waals surface area contributed by atoms with E-state index in [1.165, 1.54) is 22.7 Å². The van der Waals surface area contributed by atoms with E-state index in [2.05, 4.69) is 5.32 Å². The second-order valence-electron chi connectivity index (χ2n) is 5.27. The number of aliphatic hydroxyl groups is 1. The molecule has 0 radical (unpaired) electrons. The first-order chi connectivity index (χ1) is 11.6. The fourth-order valence-corrected chi connectivity index (χ4v) is 4.25. The molecule has 0 bridgehead atoms. The summed E-state index contributed by atoms with van der Waals surface area (Å²) >= 11 is 9.10. The third kappa shape index (κ3) is 4.24. The third-order valence-corrected chi connectivity index (χ3v) is 5.96. The number of halogens is 1. The number of nitrogens with one attached hydrogen (secondary N) is 1. The van der Waals surface area contributed by atoms with E-state index in [0.717, 1.165) is 20.2 Å². The van der Waals surface area contributed by atoms with Gasteiger partial charge in [-0.1, -0.05) is 35.9 Å². The van der Waals surface area contributed by atoms with Gasteiger partial charge in [-0.15, -0.1) is 22.7 Å². The van der Waals surface area contributed by atoms with Crippen LogP contribution in [0.1, 0.15) is 26.3 Å². The lowest BCUT2D eigenvalue weighted by Crippen LogP contribution is -2.24. The van der Waals surface area contributed by atoms with Crippen LogP contribution in [0.2, 0.25) is 5.02 Å². The summed E-state index contributed by atoms with van der Waals surface area (Å²) in [5, 5.41) is 15.8. The van der Waals surface area contributed by atoms with Crippen molar-refractivity contribution in [3.63, 3.8) is 0 Å². The predicted octanol–water partition coefficient (Wildman–Crippen LogP) is 4.40. The highest BCUT2D eigenvalue weighted by Gasteiger charge is 2.14. The molecule has 24 heavy (non-hydrogen) atoms. The molecule has 3 aromatic rings. The molecule has 0 aliphatic heterocycles. The maximum Gasteiger partial charge on any atom is 0.224 e. The number of amides is 1. The van der Waals surface area contributed by atoms with Crippen LogP contribution in [0.15, 0.2) is 53.9 Å². The van der Waals surface area contributed by atoms with Crippen molar-refractivity contribution in [1.29, 1.82) is 0 Å². The van der Waals surface area contributed by atoms with Crippen LogP contribution in [0, 0.1) is 0 Å². The molecular formula is C18H16ClNO2S2. The molecule has 3 rings (SSSR count). The van der Waals surface area contributed by atoms with Crippen molar-refractivity contribution in [3.8, 4) is 0 Å². The van der Waals surface area contributed by atoms with Crippen molar-refractivity contribution >= 4 is 40.2 Å². The third-order valence-electron chi connectivity index (χ3n) is 3.53. The Morgan fingerprint density at radius 1 is 1.12 bits per heavy atom. The SMILES string of the molecule is O=C(Cc1ccccc1Cl)NCc1ccc(C(O)c2cccs2)s1. The normalized spacial score (nSPS) is 12.1. The van der Waals surface area contributed by atoms with E-state index in [1.807, 2.05) is 47.8 Å². The fraction of sp³-hybridized carbons (Fsp3) is 0.167. The standard InChI is InChI=1S/C18H16ClNO2S2/c19-14-5-2-1-4-12(14)10-17(21)20-11-13-7-8-16(24-13)18(22)15-6-3-9-23-15/h1-9,18,22H,10-11H2,(H,20,21). The lowest BCUT2D eigenvalue weighted by molar-refractivity contribution is -0.120. The zero-order valence-electron chi connectivity index (χ0n) is 12.7. The Labute approximate surface area is 153 Å². The first kappa shape index (κ1) is 17.2. The van der Waals surface area contributed by atoms with E-state index in [9.17, 15) is 9.90 Å². The second kappa shape index (κ2) is 7.94. The highest BCUT2D eigenvalue weighted by molar-refractivity contribution is 7.12. The summed E-state index contributed by atoms with van der Waals surface area (Å²) in [7, 11) is 0. The van der Waals surface area contributed by atoms with Crippen molar-refractivity contribution in [2.45, 2.75) is 19.1 Å². The molecule has 2 heterocycles. The lowest BCUT2D eigenvalue weighted by Gasteiger charge is -2.06. The Morgan fingerprint density at radius 3 is 2.71 bits per heavy atom. The number of carbonyl (C=O) groups excluding carboxylic acids is 1. The molecule has 0 saturated carbocycles. The predicted molar refractivity (Wildman–Crippen MR) is 99.7 cm³/mol. The molecule has 0 spiro atoms. The van der Waals surface area contributed by atoms with Crippen molar-refractivity contribution < 1.29 is 9.90 Å². The van der Waals surface area contributed by atoms with Gasteiger partial charge < -0.3 is 10.4 Å². The van der Waals surface area contributed by atoms with Gasteiger partial charge in [-0.3, -0.25) is 4.79 Å². The largest absolute Gasteiger partial charge is 0.382 e. The average molecular weight is 378 g/mol. The molecule has 0 saturated heterocycles. The minimum absolute atomic E-state index is 0.0724. The van der Waals surface area contributed by atoms with E-state index < -0.39 is 6.10 Å². The molecule has 1 atom stereocenters. The van der Waals surface area contributed by atoms with Gasteiger partial charge in [-0.2, -0.15) is 0 Å². The van der Waals surface area contributed by atoms with Crippen molar-refractivity contribution in [1.82, 2.24) is 5.32 Å². The summed E-state index contributed by atoms with van der Waals surface area (Å²) < 4.78 is 0. The maximum absolute atomic E-state index is 12.1. The molecular weight excluding hydrogens is 362 g/mol. The lowest BCUT2D eigenvalue weighted by atomic mass is 10.1. The molecule has 2 N–H and O–H groups in total. The van der Waals surface area contributed by atoms with Crippen LogP contribution in [0.3, 0.4) is 0 Å². The second-order valence-corrected chi connectivity index (χ2v) is 7.85. The van der Waals surface area contributed by atoms with Gasteiger partial charge in [0.25, 0.3) is 0 Å². The van der Waals surface area contributed by atoms with E-state index in [4.69, 9.17) is 11.6 Å². The van der Waals surface area contributed by atoms with Gasteiger partial charge in [0.2, 0.25) is 5.91 Å². The average Bonchev–Trinajstić information content (AvgIpc) is 3.26. The minimum Gasteiger partial charge on any atom is -0.382 e. The summed E-state index contributed by atoms with van der Waals surface area (Å²) in [5.74, 6) is -0.0724. The number of rotatable bonds is 6. The highest BCUT2D eigenvalue weighted by Crippen LogP contribution is 2.30. The molecule has 3 nitrogen and oxygen atoms in total. The van der Waals surface area contributed by atoms with E-state index in [1.54, 1.807) is 6.07 Å². The van der Waals surface area contributed by atoms with Crippen LogP contribution in [0.25, 0.3) is 0 Å². The molecule has 1 unspecified atom stereocenters. The van der Waals surface area contributed by atoms with Crippen LogP contribution in [-0.2, 0) is 17.8 Å². The number of benzene rings is 1. The summed E-state index contributed by atoms with van der Waals surface area (Å²) in [5.41, 5.74) is 0.816. The van der Waals surface area contributed by atoms with Gasteiger partial charge in [-0.05, 0) is 35.2 Å². The van der Waals surface area contributed by atoms with Gasteiger partial charge >= 0.3 is 0 Å². The molecule has 1 aromatic carbocycles. The highest BCUT2D eigenvalue weighted by atomic mass is 35.5. The molecule has 6 heteroatoms. The Kier molecular flexibility index (Phi) is 5.68. The smallest absolute Gasteiger partial charge is 0.224 e. The van der Waals surface area contributed by atoms with Crippen LogP contribution >= 0.6 is 34.3 Å². The summed E-state index contributed by atoms with van der Waals surface area (Å²) in [4.78, 5) is 14.9. The van der Waals surface area contributed by atoms with Gasteiger partial charge in [0.05, 0.1) is 13.0 Å². The Morgan fingerprint density at radius 2 is 1.96 bits per heavy atom. The number of aliphatic hydroxyl groups excluding tert-OH is 1. The number of carbonyl (C=O) groups is 1. The first-order valence-corrected chi connectivity index (χ1v) is 9.51. The quantitative estimate of drug-likeness (QED) is 0.668. The summed E-state index contributed by atoms with van der Waals surface area (Å²) in [6.45, 7) is 0.450. The van der Waals surface area contributed by atoms with Crippen LogP contribution in [-0.4, -0.2) is 11.0 Å². The number of thiophene rings is 2. The van der Waals surface area contributed by atoms with E-state index in [-0.39, 0.29) is 12.3 Å². The van der Waals surface area contributed by atoms with Crippen molar-refractivity contribution in [3.05, 3.63) is 79.1 Å². The zero-order valence-corrected chi connectivity index (χ0v) is 15.1. The molecule has 1 amide bonds. The van der Waals surface area contributed by atoms with Gasteiger partial charge in [0.1, 0.15) is 6.10 Å². The van der Waals surface area contributed by atoms with Crippen LogP contribution in [0.4, 0.5) is 0 Å². The Balaban J connectivity index is 1.55. The Hall–Kier alpha value is -1.66. The molecule has 2 aromatic heterocycles. The molecule has 0 fully saturated rings. The van der Waals surface area contributed by atoms with Gasteiger partial charge in [0.15, 0.2) is 0 Å². The van der Waals surface area contributed by atoms with Crippen molar-refractivity contribution in [2.75, 3.05) is 0 Å². The van der Waals surface area contributed by atoms with E-state index >= 15 is 0 Å². The zero-order chi connectivity index (χ0) is 16.9. The van der Waals surface area contributed by atoms with Gasteiger partial charge in [-0.25, -0.2) is 0 Å². The molecule has 0 aliphatic rings. The topological polar surface area (TPSA) is 49.3 Å². The maximum atomic E-state index is 12.1. The Bertz CT molecular complexity index is 814. The van der Waals surface area contributed by atoms with Gasteiger partial charge in [0, 0.05) is 19.7 Å². The summed E-state index contributed by atoms with van der Waals surface area (Å²) in [6, 6.07) is 15.0. The molecule has 0 aliphatic carbocycles. The number of hydrogen-bond acceptors (Lipinski definition) is 4. The van der Waals surface area contributed by atoms with Crippen molar-refractivity contribution in [2.24, 2.45) is 0 Å². The van der Waals surface area contributed by atoms with E-state index in [0.29, 0.717) is 11.6 Å². The van der Waals surface area contributed by atoms with Crippen LogP contribution < -0.4 is 5.32 Å². The minimum atomic E-state index is -0.595.